The SMILES string of the molecule is O=C(O)c1cc(CC2CCSCC2)on1. The maximum Gasteiger partial charge on any atom is 0.358 e. The molecule has 82 valence electrons. The third-order valence-electron chi connectivity index (χ3n) is 2.61. The molecule has 2 heterocycles. The number of carboxylic acids is 1. The van der Waals surface area contributed by atoms with E-state index < -0.39 is 5.97 Å². The highest BCUT2D eigenvalue weighted by atomic mass is 32.2. The Balaban J connectivity index is 1.94. The fraction of sp³-hybridized carbons (Fsp3) is 0.600. The van der Waals surface area contributed by atoms with Crippen molar-refractivity contribution < 1.29 is 14.4 Å². The molecule has 1 aliphatic rings. The van der Waals surface area contributed by atoms with Crippen molar-refractivity contribution in [1.82, 2.24) is 5.16 Å². The quantitative estimate of drug-likeness (QED) is 0.856. The van der Waals surface area contributed by atoms with Crippen LogP contribution in [0.4, 0.5) is 0 Å². The third kappa shape index (κ3) is 2.75. The summed E-state index contributed by atoms with van der Waals surface area (Å²) < 4.78 is 4.99. The minimum absolute atomic E-state index is 0.00943. The van der Waals surface area contributed by atoms with Crippen LogP contribution in [0.25, 0.3) is 0 Å². The van der Waals surface area contributed by atoms with Gasteiger partial charge in [0.05, 0.1) is 0 Å². The van der Waals surface area contributed by atoms with Crippen LogP contribution in [-0.2, 0) is 6.42 Å². The molecule has 1 aliphatic heterocycles. The fourth-order valence-corrected chi connectivity index (χ4v) is 2.95. The second-order valence-electron chi connectivity index (χ2n) is 3.74. The van der Waals surface area contributed by atoms with E-state index in [4.69, 9.17) is 9.63 Å². The lowest BCUT2D eigenvalue weighted by Crippen LogP contribution is -2.11. The van der Waals surface area contributed by atoms with E-state index in [1.54, 1.807) is 0 Å². The summed E-state index contributed by atoms with van der Waals surface area (Å²) in [7, 11) is 0. The van der Waals surface area contributed by atoms with E-state index in [2.05, 4.69) is 5.16 Å². The van der Waals surface area contributed by atoms with Gasteiger partial charge in [-0.05, 0) is 30.3 Å². The van der Waals surface area contributed by atoms with Crippen LogP contribution in [0, 0.1) is 5.92 Å². The van der Waals surface area contributed by atoms with Gasteiger partial charge in [-0.1, -0.05) is 5.16 Å². The second kappa shape index (κ2) is 4.70. The molecule has 15 heavy (non-hydrogen) atoms. The van der Waals surface area contributed by atoms with Crippen LogP contribution in [-0.4, -0.2) is 27.7 Å². The highest BCUT2D eigenvalue weighted by molar-refractivity contribution is 7.99. The number of hydrogen-bond donors (Lipinski definition) is 1. The van der Waals surface area contributed by atoms with Gasteiger partial charge in [-0.25, -0.2) is 4.79 Å². The Morgan fingerprint density at radius 1 is 1.60 bits per heavy atom. The fourth-order valence-electron chi connectivity index (χ4n) is 1.75. The number of aromatic nitrogens is 1. The van der Waals surface area contributed by atoms with Crippen molar-refractivity contribution in [2.24, 2.45) is 5.92 Å². The summed E-state index contributed by atoms with van der Waals surface area (Å²) in [6, 6.07) is 1.53. The van der Waals surface area contributed by atoms with Gasteiger partial charge in [0.15, 0.2) is 5.69 Å². The predicted molar refractivity (Wildman–Crippen MR) is 57.2 cm³/mol. The Morgan fingerprint density at radius 3 is 2.93 bits per heavy atom. The largest absolute Gasteiger partial charge is 0.476 e. The van der Waals surface area contributed by atoms with Gasteiger partial charge < -0.3 is 9.63 Å². The van der Waals surface area contributed by atoms with Gasteiger partial charge in [-0.3, -0.25) is 0 Å². The molecule has 1 N–H and O–H groups in total. The van der Waals surface area contributed by atoms with E-state index in [-0.39, 0.29) is 5.69 Å². The zero-order valence-electron chi connectivity index (χ0n) is 8.31. The Bertz CT molecular complexity index is 344. The van der Waals surface area contributed by atoms with Crippen molar-refractivity contribution in [1.29, 1.82) is 0 Å². The number of rotatable bonds is 3. The van der Waals surface area contributed by atoms with Crippen LogP contribution in [0.3, 0.4) is 0 Å². The molecule has 0 amide bonds. The number of thioether (sulfide) groups is 1. The van der Waals surface area contributed by atoms with Gasteiger partial charge in [-0.2, -0.15) is 11.8 Å². The molecule has 1 aromatic rings. The zero-order chi connectivity index (χ0) is 10.7. The van der Waals surface area contributed by atoms with E-state index in [0.717, 1.165) is 6.42 Å². The summed E-state index contributed by atoms with van der Waals surface area (Å²) in [6.45, 7) is 0. The van der Waals surface area contributed by atoms with Crippen LogP contribution in [0.2, 0.25) is 0 Å². The van der Waals surface area contributed by atoms with E-state index in [0.29, 0.717) is 11.7 Å². The summed E-state index contributed by atoms with van der Waals surface area (Å²) in [6.07, 6.45) is 3.20. The monoisotopic (exact) mass is 227 g/mol. The smallest absolute Gasteiger partial charge is 0.358 e. The second-order valence-corrected chi connectivity index (χ2v) is 4.97. The van der Waals surface area contributed by atoms with Gasteiger partial charge in [0.25, 0.3) is 0 Å². The first-order valence-corrected chi connectivity index (χ1v) is 6.18. The predicted octanol–water partition coefficient (Wildman–Crippen LogP) is 2.06. The number of hydrogen-bond acceptors (Lipinski definition) is 4. The highest BCUT2D eigenvalue weighted by Gasteiger charge is 2.18. The van der Waals surface area contributed by atoms with Crippen molar-refractivity contribution in [3.63, 3.8) is 0 Å². The Hall–Kier alpha value is -0.970. The molecule has 1 aromatic heterocycles. The molecule has 0 unspecified atom stereocenters. The first-order valence-electron chi connectivity index (χ1n) is 5.02. The van der Waals surface area contributed by atoms with Crippen LogP contribution in [0.5, 0.6) is 0 Å². The first kappa shape index (κ1) is 10.5. The summed E-state index contributed by atoms with van der Waals surface area (Å²) in [5, 5.41) is 12.2. The summed E-state index contributed by atoms with van der Waals surface area (Å²) in [4.78, 5) is 10.6. The molecule has 0 saturated carbocycles. The van der Waals surface area contributed by atoms with E-state index >= 15 is 0 Å². The highest BCUT2D eigenvalue weighted by Crippen LogP contribution is 2.25. The minimum atomic E-state index is -1.02. The standard InChI is InChI=1S/C10H13NO3S/c12-10(13)9-6-8(14-11-9)5-7-1-3-15-4-2-7/h6-7H,1-5H2,(H,12,13). The van der Waals surface area contributed by atoms with Gasteiger partial charge >= 0.3 is 5.97 Å². The van der Waals surface area contributed by atoms with Crippen molar-refractivity contribution in [3.8, 4) is 0 Å². The minimum Gasteiger partial charge on any atom is -0.476 e. The van der Waals surface area contributed by atoms with Crippen LogP contribution in [0.1, 0.15) is 29.1 Å². The molecule has 0 atom stereocenters. The Morgan fingerprint density at radius 2 is 2.33 bits per heavy atom. The molecule has 2 rings (SSSR count). The van der Waals surface area contributed by atoms with E-state index in [9.17, 15) is 4.79 Å². The molecule has 0 radical (unpaired) electrons. The van der Waals surface area contributed by atoms with Gasteiger partial charge in [0.1, 0.15) is 5.76 Å². The maximum absolute atomic E-state index is 10.6. The van der Waals surface area contributed by atoms with Gasteiger partial charge in [0, 0.05) is 12.5 Å². The van der Waals surface area contributed by atoms with Crippen molar-refractivity contribution in [2.75, 3.05) is 11.5 Å². The molecule has 1 saturated heterocycles. The lowest BCUT2D eigenvalue weighted by atomic mass is 9.97. The lowest BCUT2D eigenvalue weighted by Gasteiger charge is -2.19. The van der Waals surface area contributed by atoms with Gasteiger partial charge in [0.2, 0.25) is 0 Å². The normalized spacial score (nSPS) is 17.9. The molecular formula is C10H13NO3S. The van der Waals surface area contributed by atoms with Crippen LogP contribution >= 0.6 is 11.8 Å². The summed E-state index contributed by atoms with van der Waals surface area (Å²) in [5.74, 6) is 2.70. The summed E-state index contributed by atoms with van der Waals surface area (Å²) in [5.41, 5.74) is 0.00943. The zero-order valence-corrected chi connectivity index (χ0v) is 9.13. The average Bonchev–Trinajstić information content (AvgIpc) is 2.68. The van der Waals surface area contributed by atoms with Crippen molar-refractivity contribution in [3.05, 3.63) is 17.5 Å². The Kier molecular flexibility index (Phi) is 3.30. The molecule has 1 fully saturated rings. The molecular weight excluding hydrogens is 214 g/mol. The van der Waals surface area contributed by atoms with Crippen molar-refractivity contribution >= 4 is 17.7 Å². The number of aromatic carboxylic acids is 1. The molecule has 5 heteroatoms. The third-order valence-corrected chi connectivity index (χ3v) is 3.66. The van der Waals surface area contributed by atoms with Gasteiger partial charge in [-0.15, -0.1) is 0 Å². The van der Waals surface area contributed by atoms with Crippen LogP contribution in [0.15, 0.2) is 10.6 Å². The van der Waals surface area contributed by atoms with Crippen LogP contribution < -0.4 is 0 Å². The number of carboxylic acid groups (broad SMARTS) is 1. The summed E-state index contributed by atoms with van der Waals surface area (Å²) >= 11 is 1.98. The van der Waals surface area contributed by atoms with E-state index in [1.807, 2.05) is 11.8 Å². The average molecular weight is 227 g/mol. The maximum atomic E-state index is 10.6. The molecule has 0 bridgehead atoms. The van der Waals surface area contributed by atoms with Crippen molar-refractivity contribution in [2.45, 2.75) is 19.3 Å². The van der Waals surface area contributed by atoms with E-state index in [1.165, 1.54) is 30.4 Å². The number of nitrogens with zero attached hydrogens (tertiary/aromatic N) is 1. The molecule has 4 nitrogen and oxygen atoms in total. The Labute approximate surface area is 92.0 Å². The molecule has 0 aliphatic carbocycles. The molecule has 0 aromatic carbocycles. The first-order chi connectivity index (χ1) is 7.25. The lowest BCUT2D eigenvalue weighted by molar-refractivity contribution is 0.0685. The number of carbonyl (C=O) groups is 1. The molecule has 0 spiro atoms. The topological polar surface area (TPSA) is 63.3 Å².